The van der Waals surface area contributed by atoms with Gasteiger partial charge in [0, 0.05) is 64.8 Å². The molecule has 1 aromatic rings. The third kappa shape index (κ3) is 3.76. The SMILES string of the molecule is COCCN1C[C@@H](c2cc(=O)[nH]c(N3CCN(C)CC3)n2)CC1=O. The minimum absolute atomic E-state index is 0.0251. The molecule has 2 saturated heterocycles. The molecule has 2 aliphatic heterocycles. The number of nitrogens with zero attached hydrogens (tertiary/aromatic N) is 4. The Balaban J connectivity index is 1.74. The van der Waals surface area contributed by atoms with Gasteiger partial charge < -0.3 is 19.4 Å². The van der Waals surface area contributed by atoms with Crippen LogP contribution in [0.1, 0.15) is 18.0 Å². The molecule has 8 heteroatoms. The maximum absolute atomic E-state index is 12.1. The minimum Gasteiger partial charge on any atom is -0.383 e. The van der Waals surface area contributed by atoms with E-state index in [1.165, 1.54) is 6.07 Å². The van der Waals surface area contributed by atoms with E-state index in [0.29, 0.717) is 37.8 Å². The monoisotopic (exact) mass is 335 g/mol. The molecule has 0 bridgehead atoms. The standard InChI is InChI=1S/C16H25N5O3/c1-19-3-5-20(6-4-19)16-17-13(10-14(22)18-16)12-9-15(23)21(11-12)7-8-24-2/h10,12H,3-9,11H2,1-2H3,(H,17,18,22)/t12-/m0/s1. The van der Waals surface area contributed by atoms with Gasteiger partial charge in [-0.2, -0.15) is 0 Å². The average Bonchev–Trinajstić information content (AvgIpc) is 2.94. The molecule has 8 nitrogen and oxygen atoms in total. The van der Waals surface area contributed by atoms with Crippen molar-refractivity contribution in [2.45, 2.75) is 12.3 Å². The number of methoxy groups -OCH3 is 1. The third-order valence-electron chi connectivity index (χ3n) is 4.75. The van der Waals surface area contributed by atoms with E-state index in [4.69, 9.17) is 4.74 Å². The van der Waals surface area contributed by atoms with Crippen molar-refractivity contribution in [3.05, 3.63) is 22.1 Å². The summed E-state index contributed by atoms with van der Waals surface area (Å²) in [4.78, 5) is 37.8. The van der Waals surface area contributed by atoms with Gasteiger partial charge in [0.25, 0.3) is 5.56 Å². The summed E-state index contributed by atoms with van der Waals surface area (Å²) in [7, 11) is 3.71. The Kier molecular flexibility index (Phi) is 5.15. The molecule has 132 valence electrons. The fourth-order valence-electron chi connectivity index (χ4n) is 3.23. The van der Waals surface area contributed by atoms with Crippen LogP contribution in [0.3, 0.4) is 0 Å². The molecule has 1 atom stereocenters. The van der Waals surface area contributed by atoms with Gasteiger partial charge >= 0.3 is 0 Å². The number of likely N-dealkylation sites (N-methyl/N-ethyl adjacent to an activating group) is 1. The second-order valence-corrected chi connectivity index (χ2v) is 6.52. The van der Waals surface area contributed by atoms with E-state index in [9.17, 15) is 9.59 Å². The number of nitrogens with one attached hydrogen (secondary N) is 1. The number of piperazine rings is 1. The van der Waals surface area contributed by atoms with E-state index in [2.05, 4.69) is 26.8 Å². The predicted molar refractivity (Wildman–Crippen MR) is 90.4 cm³/mol. The number of H-pyrrole nitrogens is 1. The molecular weight excluding hydrogens is 310 g/mol. The molecule has 1 aromatic heterocycles. The summed E-state index contributed by atoms with van der Waals surface area (Å²) in [5.74, 6) is 0.691. The highest BCUT2D eigenvalue weighted by molar-refractivity contribution is 5.79. The van der Waals surface area contributed by atoms with Crippen molar-refractivity contribution >= 4 is 11.9 Å². The molecule has 1 amide bonds. The number of anilines is 1. The molecule has 0 aromatic carbocycles. The number of carbonyl (C=O) groups excluding carboxylic acids is 1. The van der Waals surface area contributed by atoms with Gasteiger partial charge in [0.05, 0.1) is 12.3 Å². The van der Waals surface area contributed by atoms with Crippen LogP contribution in [0.2, 0.25) is 0 Å². The van der Waals surface area contributed by atoms with Gasteiger partial charge in [-0.05, 0) is 7.05 Å². The summed E-state index contributed by atoms with van der Waals surface area (Å²) < 4.78 is 5.04. The van der Waals surface area contributed by atoms with Gasteiger partial charge in [0.1, 0.15) is 0 Å². The lowest BCUT2D eigenvalue weighted by molar-refractivity contribution is -0.128. The number of hydrogen-bond acceptors (Lipinski definition) is 6. The molecule has 2 fully saturated rings. The number of rotatable bonds is 5. The zero-order valence-electron chi connectivity index (χ0n) is 14.3. The van der Waals surface area contributed by atoms with E-state index in [1.54, 1.807) is 12.0 Å². The maximum atomic E-state index is 12.1. The van der Waals surface area contributed by atoms with Gasteiger partial charge in [-0.15, -0.1) is 0 Å². The van der Waals surface area contributed by atoms with Crippen LogP contribution in [-0.4, -0.2) is 85.7 Å². The van der Waals surface area contributed by atoms with E-state index >= 15 is 0 Å². The Bertz CT molecular complexity index is 639. The Morgan fingerprint density at radius 3 is 2.75 bits per heavy atom. The van der Waals surface area contributed by atoms with E-state index in [-0.39, 0.29) is 17.4 Å². The summed E-state index contributed by atoms with van der Waals surface area (Å²) in [6, 6.07) is 1.53. The van der Waals surface area contributed by atoms with Gasteiger partial charge in [0.15, 0.2) is 0 Å². The number of carbonyl (C=O) groups is 1. The number of ether oxygens (including phenoxy) is 1. The van der Waals surface area contributed by atoms with Gasteiger partial charge in [-0.1, -0.05) is 0 Å². The van der Waals surface area contributed by atoms with Crippen LogP contribution in [0.15, 0.2) is 10.9 Å². The molecule has 0 radical (unpaired) electrons. The highest BCUT2D eigenvalue weighted by atomic mass is 16.5. The van der Waals surface area contributed by atoms with Crippen LogP contribution >= 0.6 is 0 Å². The minimum atomic E-state index is -0.156. The first-order chi connectivity index (χ1) is 11.6. The highest BCUT2D eigenvalue weighted by Crippen LogP contribution is 2.26. The lowest BCUT2D eigenvalue weighted by atomic mass is 10.0. The molecule has 3 heterocycles. The quantitative estimate of drug-likeness (QED) is 0.780. The van der Waals surface area contributed by atoms with Crippen LogP contribution in [0.25, 0.3) is 0 Å². The Hall–Kier alpha value is -1.93. The fraction of sp³-hybridized carbons (Fsp3) is 0.688. The second-order valence-electron chi connectivity index (χ2n) is 6.52. The van der Waals surface area contributed by atoms with Crippen molar-refractivity contribution in [3.63, 3.8) is 0 Å². The fourth-order valence-corrected chi connectivity index (χ4v) is 3.23. The zero-order chi connectivity index (χ0) is 17.1. The van der Waals surface area contributed by atoms with Crippen LogP contribution in [0, 0.1) is 0 Å². The largest absolute Gasteiger partial charge is 0.383 e. The molecule has 3 rings (SSSR count). The van der Waals surface area contributed by atoms with Crippen LogP contribution in [-0.2, 0) is 9.53 Å². The smallest absolute Gasteiger partial charge is 0.252 e. The summed E-state index contributed by atoms with van der Waals surface area (Å²) in [5.41, 5.74) is 0.553. The van der Waals surface area contributed by atoms with Crippen molar-refractivity contribution in [3.8, 4) is 0 Å². The Morgan fingerprint density at radius 1 is 1.29 bits per heavy atom. The predicted octanol–water partition coefficient (Wildman–Crippen LogP) is -0.516. The number of aromatic amines is 1. The third-order valence-corrected chi connectivity index (χ3v) is 4.75. The average molecular weight is 335 g/mol. The highest BCUT2D eigenvalue weighted by Gasteiger charge is 2.32. The molecule has 24 heavy (non-hydrogen) atoms. The number of amides is 1. The van der Waals surface area contributed by atoms with Crippen LogP contribution in [0.4, 0.5) is 5.95 Å². The zero-order valence-corrected chi connectivity index (χ0v) is 14.3. The lowest BCUT2D eigenvalue weighted by Gasteiger charge is -2.32. The van der Waals surface area contributed by atoms with Crippen LogP contribution < -0.4 is 10.5 Å². The van der Waals surface area contributed by atoms with E-state index in [1.807, 2.05) is 0 Å². The first-order valence-electron chi connectivity index (χ1n) is 8.38. The first-order valence-corrected chi connectivity index (χ1v) is 8.38. The molecule has 1 N–H and O–H groups in total. The molecular formula is C16H25N5O3. The van der Waals surface area contributed by atoms with Crippen molar-refractivity contribution in [1.82, 2.24) is 19.8 Å². The normalized spacial score (nSPS) is 22.4. The number of aromatic nitrogens is 2. The molecule has 0 spiro atoms. The summed E-state index contributed by atoms with van der Waals surface area (Å²) in [6.45, 7) is 5.27. The van der Waals surface area contributed by atoms with E-state index < -0.39 is 0 Å². The van der Waals surface area contributed by atoms with Crippen molar-refractivity contribution in [1.29, 1.82) is 0 Å². The summed E-state index contributed by atoms with van der Waals surface area (Å²) >= 11 is 0. The van der Waals surface area contributed by atoms with Gasteiger partial charge in [-0.3, -0.25) is 14.6 Å². The van der Waals surface area contributed by atoms with E-state index in [0.717, 1.165) is 26.2 Å². The number of hydrogen-bond donors (Lipinski definition) is 1. The molecule has 2 aliphatic rings. The first kappa shape index (κ1) is 16.9. The molecule has 0 saturated carbocycles. The lowest BCUT2D eigenvalue weighted by Crippen LogP contribution is -2.45. The molecule has 0 unspecified atom stereocenters. The maximum Gasteiger partial charge on any atom is 0.252 e. The topological polar surface area (TPSA) is 81.8 Å². The Labute approximate surface area is 141 Å². The number of likely N-dealkylation sites (tertiary alicyclic amines) is 1. The second kappa shape index (κ2) is 7.31. The summed E-state index contributed by atoms with van der Waals surface area (Å²) in [6.07, 6.45) is 0.405. The molecule has 0 aliphatic carbocycles. The van der Waals surface area contributed by atoms with Gasteiger partial charge in [-0.25, -0.2) is 4.98 Å². The van der Waals surface area contributed by atoms with Crippen molar-refractivity contribution in [2.75, 3.05) is 64.9 Å². The van der Waals surface area contributed by atoms with Crippen molar-refractivity contribution in [2.24, 2.45) is 0 Å². The van der Waals surface area contributed by atoms with Gasteiger partial charge in [0.2, 0.25) is 11.9 Å². The Morgan fingerprint density at radius 2 is 2.04 bits per heavy atom. The van der Waals surface area contributed by atoms with Crippen molar-refractivity contribution < 1.29 is 9.53 Å². The van der Waals surface area contributed by atoms with Crippen LogP contribution in [0.5, 0.6) is 0 Å². The summed E-state index contributed by atoms with van der Waals surface area (Å²) in [5, 5.41) is 0.